The van der Waals surface area contributed by atoms with Gasteiger partial charge in [0, 0.05) is 5.75 Å². The first kappa shape index (κ1) is 14.4. The molecule has 0 aromatic carbocycles. The van der Waals surface area contributed by atoms with Crippen molar-refractivity contribution in [1.29, 1.82) is 0 Å². The molecule has 0 bridgehead atoms. The number of imidazole rings is 1. The molecule has 0 radical (unpaired) electrons. The Morgan fingerprint density at radius 2 is 2.14 bits per heavy atom. The summed E-state index contributed by atoms with van der Waals surface area (Å²) in [6.45, 7) is 0. The van der Waals surface area contributed by atoms with Crippen molar-refractivity contribution < 1.29 is 19.3 Å². The molecule has 8 nitrogen and oxygen atoms in total. The van der Waals surface area contributed by atoms with Gasteiger partial charge in [-0.15, -0.1) is 11.8 Å². The van der Waals surface area contributed by atoms with Crippen molar-refractivity contribution >= 4 is 28.7 Å². The van der Waals surface area contributed by atoms with Crippen LogP contribution in [0.2, 0.25) is 0 Å². The molecule has 0 spiro atoms. The molecular formula is C11H14FN5O3S. The lowest BCUT2D eigenvalue weighted by molar-refractivity contribution is -0.0289. The van der Waals surface area contributed by atoms with Gasteiger partial charge in [-0.1, -0.05) is 0 Å². The van der Waals surface area contributed by atoms with Gasteiger partial charge in [0.2, 0.25) is 0 Å². The van der Waals surface area contributed by atoms with Gasteiger partial charge in [-0.05, 0) is 0 Å². The van der Waals surface area contributed by atoms with Crippen LogP contribution in [0.25, 0.3) is 11.2 Å². The number of hydrogen-bond acceptors (Lipinski definition) is 8. The highest BCUT2D eigenvalue weighted by atomic mass is 32.2. The van der Waals surface area contributed by atoms with E-state index >= 15 is 0 Å². The molecule has 0 saturated carbocycles. The molecule has 1 saturated heterocycles. The highest BCUT2D eigenvalue weighted by Crippen LogP contribution is 2.33. The molecule has 1 fully saturated rings. The van der Waals surface area contributed by atoms with Crippen molar-refractivity contribution in [2.45, 2.75) is 24.5 Å². The maximum atomic E-state index is 12.2. The van der Waals surface area contributed by atoms with Gasteiger partial charge in [0.25, 0.3) is 0 Å². The molecule has 4 atom stereocenters. The molecule has 10 heteroatoms. The summed E-state index contributed by atoms with van der Waals surface area (Å²) >= 11 is 0.983. The predicted octanol–water partition coefficient (Wildman–Crippen LogP) is -0.312. The van der Waals surface area contributed by atoms with Crippen LogP contribution < -0.4 is 5.73 Å². The zero-order valence-corrected chi connectivity index (χ0v) is 11.6. The van der Waals surface area contributed by atoms with E-state index in [2.05, 4.69) is 15.0 Å². The van der Waals surface area contributed by atoms with Crippen LogP contribution >= 0.6 is 11.8 Å². The lowest BCUT2D eigenvalue weighted by atomic mass is 10.1. The number of ether oxygens (including phenoxy) is 1. The average molecular weight is 315 g/mol. The third-order valence-corrected chi connectivity index (χ3v) is 4.08. The van der Waals surface area contributed by atoms with Crippen LogP contribution in [0.5, 0.6) is 0 Å². The normalized spacial score (nSPS) is 29.3. The Balaban J connectivity index is 1.90. The molecule has 1 aliphatic rings. The second-order valence-corrected chi connectivity index (χ2v) is 5.57. The van der Waals surface area contributed by atoms with Crippen LogP contribution in [0, 0.1) is 0 Å². The minimum absolute atomic E-state index is 0.219. The zero-order valence-electron chi connectivity index (χ0n) is 10.8. The van der Waals surface area contributed by atoms with Gasteiger partial charge in [-0.2, -0.15) is 0 Å². The van der Waals surface area contributed by atoms with Gasteiger partial charge in [-0.25, -0.2) is 19.3 Å². The van der Waals surface area contributed by atoms with E-state index < -0.39 is 30.5 Å². The van der Waals surface area contributed by atoms with Crippen molar-refractivity contribution in [2.24, 2.45) is 0 Å². The van der Waals surface area contributed by atoms with Crippen molar-refractivity contribution in [3.8, 4) is 0 Å². The van der Waals surface area contributed by atoms with Crippen LogP contribution in [-0.2, 0) is 4.74 Å². The Morgan fingerprint density at radius 1 is 1.33 bits per heavy atom. The SMILES string of the molecule is Nc1ncnc2c1ncn2C1O[C@H](CSCF)[C@@H](O)[C@H]1O. The predicted molar refractivity (Wildman–Crippen MR) is 74.1 cm³/mol. The summed E-state index contributed by atoms with van der Waals surface area (Å²) in [6, 6.07) is -0.578. The number of aliphatic hydroxyl groups excluding tert-OH is 2. The third-order valence-electron chi connectivity index (χ3n) is 3.36. The number of rotatable bonds is 4. The fourth-order valence-corrected chi connectivity index (χ4v) is 2.91. The van der Waals surface area contributed by atoms with Crippen molar-refractivity contribution in [3.05, 3.63) is 12.7 Å². The van der Waals surface area contributed by atoms with Gasteiger partial charge >= 0.3 is 0 Å². The highest BCUT2D eigenvalue weighted by molar-refractivity contribution is 7.99. The number of fused-ring (bicyclic) bond motifs is 1. The fourth-order valence-electron chi connectivity index (χ4n) is 2.31. The zero-order chi connectivity index (χ0) is 15.0. The number of anilines is 1. The largest absolute Gasteiger partial charge is 0.387 e. The molecule has 1 aliphatic heterocycles. The maximum absolute atomic E-state index is 12.2. The second kappa shape index (κ2) is 5.72. The Bertz CT molecular complexity index is 641. The molecule has 3 heterocycles. The van der Waals surface area contributed by atoms with E-state index in [0.717, 1.165) is 11.8 Å². The summed E-state index contributed by atoms with van der Waals surface area (Å²) in [5.74, 6) is 0.464. The van der Waals surface area contributed by atoms with Gasteiger partial charge in [0.1, 0.15) is 30.1 Å². The first-order valence-corrected chi connectivity index (χ1v) is 7.37. The Kier molecular flexibility index (Phi) is 3.93. The summed E-state index contributed by atoms with van der Waals surface area (Å²) in [6.07, 6.45) is -1.09. The summed E-state index contributed by atoms with van der Waals surface area (Å²) in [7, 11) is 0. The van der Waals surface area contributed by atoms with Crippen molar-refractivity contribution in [3.63, 3.8) is 0 Å². The highest BCUT2D eigenvalue weighted by Gasteiger charge is 2.44. The number of thioether (sulfide) groups is 1. The van der Waals surface area contributed by atoms with Crippen LogP contribution in [-0.4, -0.2) is 59.8 Å². The van der Waals surface area contributed by atoms with Crippen molar-refractivity contribution in [1.82, 2.24) is 19.5 Å². The number of alkyl halides is 1. The Labute approximate surface area is 123 Å². The molecule has 0 amide bonds. The molecule has 114 valence electrons. The maximum Gasteiger partial charge on any atom is 0.167 e. The molecule has 2 aromatic rings. The third kappa shape index (κ3) is 2.44. The Morgan fingerprint density at radius 3 is 2.90 bits per heavy atom. The summed E-state index contributed by atoms with van der Waals surface area (Å²) < 4.78 is 19.3. The first-order valence-electron chi connectivity index (χ1n) is 6.21. The monoisotopic (exact) mass is 315 g/mol. The average Bonchev–Trinajstić information content (AvgIpc) is 3.02. The molecular weight excluding hydrogens is 301 g/mol. The molecule has 0 aliphatic carbocycles. The standard InChI is InChI=1S/C11H14FN5O3S/c12-2-21-1-5-7(18)8(19)11(20-5)17-4-16-6-9(13)14-3-15-10(6)17/h3-5,7-8,11,18-19H,1-2H2,(H2,13,14,15)/t5-,7-,8-,11?/m1/s1. The van der Waals surface area contributed by atoms with Gasteiger partial charge in [0.05, 0.1) is 12.4 Å². The van der Waals surface area contributed by atoms with E-state index in [1.165, 1.54) is 17.2 Å². The number of aliphatic hydroxyl groups is 2. The first-order chi connectivity index (χ1) is 10.1. The van der Waals surface area contributed by atoms with E-state index in [1.807, 2.05) is 0 Å². The van der Waals surface area contributed by atoms with E-state index in [-0.39, 0.29) is 11.6 Å². The number of hydrogen-bond donors (Lipinski definition) is 3. The number of nitrogens with zero attached hydrogens (tertiary/aromatic N) is 4. The quantitative estimate of drug-likeness (QED) is 0.703. The molecule has 3 rings (SSSR count). The molecule has 21 heavy (non-hydrogen) atoms. The van der Waals surface area contributed by atoms with Gasteiger partial charge in [0.15, 0.2) is 17.7 Å². The van der Waals surface area contributed by atoms with Crippen LogP contribution in [0.3, 0.4) is 0 Å². The van der Waals surface area contributed by atoms with Gasteiger partial charge in [-0.3, -0.25) is 4.57 Å². The summed E-state index contributed by atoms with van der Waals surface area (Å²) in [4.78, 5) is 12.0. The van der Waals surface area contributed by atoms with E-state index in [1.54, 1.807) is 0 Å². The topological polar surface area (TPSA) is 119 Å². The molecule has 1 unspecified atom stereocenters. The summed E-state index contributed by atoms with van der Waals surface area (Å²) in [5, 5.41) is 20.1. The minimum atomic E-state index is -1.16. The minimum Gasteiger partial charge on any atom is -0.387 e. The molecule has 4 N–H and O–H groups in total. The lowest BCUT2D eigenvalue weighted by Gasteiger charge is -2.16. The van der Waals surface area contributed by atoms with E-state index in [4.69, 9.17) is 10.5 Å². The summed E-state index contributed by atoms with van der Waals surface area (Å²) in [5.41, 5.74) is 6.49. The van der Waals surface area contributed by atoms with E-state index in [0.29, 0.717) is 11.2 Å². The number of halogens is 1. The lowest BCUT2D eigenvalue weighted by Crippen LogP contribution is -2.32. The van der Waals surface area contributed by atoms with Crippen molar-refractivity contribution in [2.75, 3.05) is 17.5 Å². The van der Waals surface area contributed by atoms with Crippen LogP contribution in [0.1, 0.15) is 6.23 Å². The fraction of sp³-hybridized carbons (Fsp3) is 0.545. The number of nitrogens with two attached hydrogens (primary N) is 1. The number of nitrogen functional groups attached to an aromatic ring is 1. The Hall–Kier alpha value is -1.49. The number of aromatic nitrogens is 4. The smallest absolute Gasteiger partial charge is 0.167 e. The van der Waals surface area contributed by atoms with E-state index in [9.17, 15) is 14.6 Å². The van der Waals surface area contributed by atoms with Gasteiger partial charge < -0.3 is 20.7 Å². The van der Waals surface area contributed by atoms with Crippen LogP contribution in [0.15, 0.2) is 12.7 Å². The van der Waals surface area contributed by atoms with Crippen LogP contribution in [0.4, 0.5) is 10.2 Å². The molecule has 2 aromatic heterocycles. The second-order valence-electron chi connectivity index (χ2n) is 4.61.